The van der Waals surface area contributed by atoms with Crippen molar-refractivity contribution in [3.63, 3.8) is 0 Å². The Morgan fingerprint density at radius 3 is 2.76 bits per heavy atom. The summed E-state index contributed by atoms with van der Waals surface area (Å²) < 4.78 is 0. The highest BCUT2D eigenvalue weighted by Gasteiger charge is 2.02. The fraction of sp³-hybridized carbons (Fsp3) is 0.167. The van der Waals surface area contributed by atoms with Crippen molar-refractivity contribution in [3.05, 3.63) is 36.0 Å². The molecule has 0 saturated heterocycles. The predicted octanol–water partition coefficient (Wildman–Crippen LogP) is 2.96. The molecule has 0 amide bonds. The number of anilines is 2. The summed E-state index contributed by atoms with van der Waals surface area (Å²) in [5.74, 6) is 0.957. The third-order valence-corrected chi connectivity index (χ3v) is 2.68. The third-order valence-electron chi connectivity index (χ3n) is 2.13. The molecule has 5 heteroatoms. The Balaban J connectivity index is 2.26. The summed E-state index contributed by atoms with van der Waals surface area (Å²) in [5, 5.41) is 13.2. The number of rotatable bonds is 3. The van der Waals surface area contributed by atoms with Crippen molar-refractivity contribution in [3.8, 4) is 5.75 Å². The lowest BCUT2D eigenvalue weighted by Gasteiger charge is -2.07. The molecule has 0 atom stereocenters. The van der Waals surface area contributed by atoms with Gasteiger partial charge in [0.05, 0.1) is 0 Å². The lowest BCUT2D eigenvalue weighted by molar-refractivity contribution is 0.475. The first-order chi connectivity index (χ1) is 8.17. The minimum absolute atomic E-state index is 0.228. The van der Waals surface area contributed by atoms with Gasteiger partial charge in [-0.05, 0) is 25.3 Å². The van der Waals surface area contributed by atoms with Crippen LogP contribution in [-0.4, -0.2) is 21.3 Å². The van der Waals surface area contributed by atoms with E-state index in [9.17, 15) is 5.11 Å². The van der Waals surface area contributed by atoms with Gasteiger partial charge in [-0.2, -0.15) is 0 Å². The Hall–Kier alpha value is -1.75. The first-order valence-electron chi connectivity index (χ1n) is 5.13. The highest BCUT2D eigenvalue weighted by molar-refractivity contribution is 7.98. The number of hydrogen-bond donors (Lipinski definition) is 2. The van der Waals surface area contributed by atoms with Crippen molar-refractivity contribution in [2.24, 2.45) is 0 Å². The Kier molecular flexibility index (Phi) is 3.49. The van der Waals surface area contributed by atoms with Crippen molar-refractivity contribution < 1.29 is 5.11 Å². The number of thioether (sulfide) groups is 1. The molecule has 0 bridgehead atoms. The maximum absolute atomic E-state index is 9.37. The van der Waals surface area contributed by atoms with Gasteiger partial charge in [0.25, 0.3) is 0 Å². The monoisotopic (exact) mass is 247 g/mol. The van der Waals surface area contributed by atoms with Crippen LogP contribution in [0.5, 0.6) is 5.75 Å². The topological polar surface area (TPSA) is 58.0 Å². The number of nitrogens with zero attached hydrogens (tertiary/aromatic N) is 2. The summed E-state index contributed by atoms with van der Waals surface area (Å²) in [6.45, 7) is 1.93. The molecule has 4 nitrogen and oxygen atoms in total. The smallest absolute Gasteiger partial charge is 0.189 e. The van der Waals surface area contributed by atoms with Crippen molar-refractivity contribution in [1.82, 2.24) is 9.97 Å². The molecule has 2 N–H and O–H groups in total. The van der Waals surface area contributed by atoms with Crippen molar-refractivity contribution >= 4 is 23.3 Å². The van der Waals surface area contributed by atoms with Gasteiger partial charge in [0.15, 0.2) is 5.16 Å². The second-order valence-corrected chi connectivity index (χ2v) is 4.33. The van der Waals surface area contributed by atoms with E-state index in [1.54, 1.807) is 18.2 Å². The van der Waals surface area contributed by atoms with Crippen LogP contribution in [0.3, 0.4) is 0 Å². The lowest BCUT2D eigenvalue weighted by Crippen LogP contribution is -1.97. The Bertz CT molecular complexity index is 531. The van der Waals surface area contributed by atoms with Crippen LogP contribution in [0, 0.1) is 6.92 Å². The highest BCUT2D eigenvalue weighted by Crippen LogP contribution is 2.21. The van der Waals surface area contributed by atoms with Gasteiger partial charge in [-0.25, -0.2) is 9.97 Å². The van der Waals surface area contributed by atoms with E-state index in [4.69, 9.17) is 0 Å². The molecule has 0 radical (unpaired) electrons. The molecule has 1 aromatic carbocycles. The molecule has 0 aliphatic heterocycles. The van der Waals surface area contributed by atoms with Crippen LogP contribution < -0.4 is 5.32 Å². The molecule has 1 heterocycles. The molecule has 0 fully saturated rings. The lowest BCUT2D eigenvalue weighted by atomic mass is 10.3. The van der Waals surface area contributed by atoms with E-state index in [0.29, 0.717) is 0 Å². The number of hydrogen-bond acceptors (Lipinski definition) is 5. The van der Waals surface area contributed by atoms with Gasteiger partial charge in [0, 0.05) is 23.5 Å². The summed E-state index contributed by atoms with van der Waals surface area (Å²) >= 11 is 1.50. The summed E-state index contributed by atoms with van der Waals surface area (Å²) in [7, 11) is 0. The fourth-order valence-electron chi connectivity index (χ4n) is 1.43. The van der Waals surface area contributed by atoms with E-state index >= 15 is 0 Å². The van der Waals surface area contributed by atoms with Gasteiger partial charge in [0.2, 0.25) is 0 Å². The van der Waals surface area contributed by atoms with Crippen LogP contribution in [0.2, 0.25) is 0 Å². The molecule has 0 spiro atoms. The molecule has 0 saturated carbocycles. The fourth-order valence-corrected chi connectivity index (χ4v) is 1.85. The molecule has 2 aromatic rings. The molecule has 0 unspecified atom stereocenters. The average molecular weight is 247 g/mol. The van der Waals surface area contributed by atoms with E-state index in [-0.39, 0.29) is 5.75 Å². The summed E-state index contributed by atoms with van der Waals surface area (Å²) in [5.41, 5.74) is 1.71. The van der Waals surface area contributed by atoms with E-state index < -0.39 is 0 Å². The van der Waals surface area contributed by atoms with Gasteiger partial charge in [-0.3, -0.25) is 0 Å². The molecule has 1 aromatic heterocycles. The van der Waals surface area contributed by atoms with E-state index in [1.165, 1.54) is 11.8 Å². The number of aromatic hydroxyl groups is 1. The Morgan fingerprint density at radius 1 is 1.24 bits per heavy atom. The first-order valence-corrected chi connectivity index (χ1v) is 6.35. The van der Waals surface area contributed by atoms with Crippen LogP contribution in [0.15, 0.2) is 35.5 Å². The molecule has 0 aliphatic rings. The van der Waals surface area contributed by atoms with Gasteiger partial charge in [-0.1, -0.05) is 17.8 Å². The number of benzene rings is 1. The maximum Gasteiger partial charge on any atom is 0.189 e. The number of aromatic nitrogens is 2. The molecule has 17 heavy (non-hydrogen) atoms. The minimum Gasteiger partial charge on any atom is -0.508 e. The summed E-state index contributed by atoms with van der Waals surface area (Å²) in [6, 6.07) is 8.79. The molecule has 2 rings (SSSR count). The van der Waals surface area contributed by atoms with E-state index in [2.05, 4.69) is 15.3 Å². The molecular formula is C12H13N3OS. The zero-order valence-corrected chi connectivity index (χ0v) is 10.5. The Morgan fingerprint density at radius 2 is 2.06 bits per heavy atom. The normalized spacial score (nSPS) is 10.2. The standard InChI is InChI=1S/C12H13N3OS/c1-8-6-11(15-12(13-8)17-2)14-9-4-3-5-10(16)7-9/h3-7,16H,1-2H3,(H,13,14,15). The largest absolute Gasteiger partial charge is 0.508 e. The minimum atomic E-state index is 0.228. The van der Waals surface area contributed by atoms with Crippen molar-refractivity contribution in [2.45, 2.75) is 12.1 Å². The van der Waals surface area contributed by atoms with Gasteiger partial charge >= 0.3 is 0 Å². The van der Waals surface area contributed by atoms with Crippen LogP contribution in [0.4, 0.5) is 11.5 Å². The average Bonchev–Trinajstić information content (AvgIpc) is 2.28. The number of phenolic OH excluding ortho intramolecular Hbond substituents is 1. The maximum atomic E-state index is 9.37. The third kappa shape index (κ3) is 3.10. The van der Waals surface area contributed by atoms with Crippen LogP contribution in [0.25, 0.3) is 0 Å². The summed E-state index contributed by atoms with van der Waals surface area (Å²) in [4.78, 5) is 8.61. The zero-order valence-electron chi connectivity index (χ0n) is 9.64. The predicted molar refractivity (Wildman–Crippen MR) is 69.9 cm³/mol. The number of aryl methyl sites for hydroxylation is 1. The zero-order chi connectivity index (χ0) is 12.3. The molecular weight excluding hydrogens is 234 g/mol. The second kappa shape index (κ2) is 5.05. The Labute approximate surface area is 104 Å². The van der Waals surface area contributed by atoms with E-state index in [1.807, 2.05) is 25.3 Å². The molecule has 88 valence electrons. The van der Waals surface area contributed by atoms with Gasteiger partial charge in [-0.15, -0.1) is 0 Å². The van der Waals surface area contributed by atoms with Crippen LogP contribution in [-0.2, 0) is 0 Å². The first kappa shape index (κ1) is 11.7. The quantitative estimate of drug-likeness (QED) is 0.645. The van der Waals surface area contributed by atoms with E-state index in [0.717, 1.165) is 22.4 Å². The SMILES string of the molecule is CSc1nc(C)cc(Nc2cccc(O)c2)n1. The van der Waals surface area contributed by atoms with Gasteiger partial charge < -0.3 is 10.4 Å². The van der Waals surface area contributed by atoms with Crippen molar-refractivity contribution in [1.29, 1.82) is 0 Å². The number of phenols is 1. The van der Waals surface area contributed by atoms with Crippen LogP contribution in [0.1, 0.15) is 5.69 Å². The second-order valence-electron chi connectivity index (χ2n) is 3.56. The summed E-state index contributed by atoms with van der Waals surface area (Å²) in [6.07, 6.45) is 1.94. The van der Waals surface area contributed by atoms with Gasteiger partial charge in [0.1, 0.15) is 11.6 Å². The van der Waals surface area contributed by atoms with Crippen LogP contribution >= 0.6 is 11.8 Å². The number of nitrogens with one attached hydrogen (secondary N) is 1. The molecule has 0 aliphatic carbocycles. The highest BCUT2D eigenvalue weighted by atomic mass is 32.2. The van der Waals surface area contributed by atoms with Crippen molar-refractivity contribution in [2.75, 3.05) is 11.6 Å².